The van der Waals surface area contributed by atoms with Crippen molar-refractivity contribution in [2.45, 2.75) is 38.4 Å². The monoisotopic (exact) mass is 288 g/mol. The van der Waals surface area contributed by atoms with E-state index in [9.17, 15) is 18.0 Å². The Bertz CT molecular complexity index is 518. The van der Waals surface area contributed by atoms with Crippen LogP contribution in [0.5, 0.6) is 0 Å². The number of hydrogen-bond acceptors (Lipinski definition) is 4. The zero-order chi connectivity index (χ0) is 14.9. The van der Waals surface area contributed by atoms with Crippen LogP contribution < -0.4 is 5.73 Å². The molecule has 0 bridgehead atoms. The van der Waals surface area contributed by atoms with Gasteiger partial charge in [0.25, 0.3) is 0 Å². The number of alkyl halides is 3. The fraction of sp³-hybridized carbons (Fsp3) is 0.583. The number of aromatic nitrogens is 2. The third-order valence-corrected chi connectivity index (χ3v) is 3.30. The molecule has 1 aliphatic rings. The van der Waals surface area contributed by atoms with Crippen LogP contribution >= 0.6 is 0 Å². The van der Waals surface area contributed by atoms with Crippen molar-refractivity contribution in [2.75, 3.05) is 12.3 Å². The van der Waals surface area contributed by atoms with Gasteiger partial charge in [0.05, 0.1) is 11.7 Å². The van der Waals surface area contributed by atoms with E-state index in [1.807, 2.05) is 0 Å². The zero-order valence-electron chi connectivity index (χ0n) is 10.9. The maximum atomic E-state index is 12.7. The maximum absolute atomic E-state index is 12.7. The zero-order valence-corrected chi connectivity index (χ0v) is 10.9. The van der Waals surface area contributed by atoms with E-state index in [-0.39, 0.29) is 11.6 Å². The minimum atomic E-state index is -4.58. The Hall–Kier alpha value is -1.86. The first-order valence-electron chi connectivity index (χ1n) is 6.28. The van der Waals surface area contributed by atoms with Crippen molar-refractivity contribution in [2.24, 2.45) is 0 Å². The van der Waals surface area contributed by atoms with E-state index in [2.05, 4.69) is 9.97 Å². The molecule has 1 aromatic rings. The molecule has 2 N–H and O–H groups in total. The lowest BCUT2D eigenvalue weighted by molar-refractivity contribution is -0.141. The Morgan fingerprint density at radius 2 is 2.10 bits per heavy atom. The molecule has 20 heavy (non-hydrogen) atoms. The first-order valence-corrected chi connectivity index (χ1v) is 6.28. The van der Waals surface area contributed by atoms with Gasteiger partial charge < -0.3 is 10.6 Å². The lowest BCUT2D eigenvalue weighted by Crippen LogP contribution is -2.37. The highest BCUT2D eigenvalue weighted by atomic mass is 19.4. The molecule has 0 unspecified atom stereocenters. The molecule has 8 heteroatoms. The fourth-order valence-electron chi connectivity index (χ4n) is 2.42. The van der Waals surface area contributed by atoms with Crippen LogP contribution in [0.25, 0.3) is 0 Å². The lowest BCUT2D eigenvalue weighted by Gasteiger charge is -2.34. The average molecular weight is 288 g/mol. The summed E-state index contributed by atoms with van der Waals surface area (Å²) in [5, 5.41) is 0. The number of nitrogen functional groups attached to an aromatic ring is 1. The third-order valence-electron chi connectivity index (χ3n) is 3.30. The topological polar surface area (TPSA) is 72.1 Å². The number of nitrogens with two attached hydrogens (primary N) is 1. The first kappa shape index (κ1) is 14.5. The Morgan fingerprint density at radius 3 is 2.70 bits per heavy atom. The summed E-state index contributed by atoms with van der Waals surface area (Å²) in [7, 11) is 0. The van der Waals surface area contributed by atoms with Gasteiger partial charge in [0.15, 0.2) is 0 Å². The molecule has 0 spiro atoms. The number of nitrogens with zero attached hydrogens (tertiary/aromatic N) is 3. The molecular formula is C12H15F3N4O. The van der Waals surface area contributed by atoms with Crippen molar-refractivity contribution in [3.05, 3.63) is 17.5 Å². The molecule has 1 fully saturated rings. The molecule has 1 saturated heterocycles. The fourth-order valence-corrected chi connectivity index (χ4v) is 2.42. The molecule has 0 radical (unpaired) electrons. The summed E-state index contributed by atoms with van der Waals surface area (Å²) >= 11 is 0. The molecule has 5 nitrogen and oxygen atoms in total. The van der Waals surface area contributed by atoms with E-state index in [1.165, 1.54) is 11.8 Å². The van der Waals surface area contributed by atoms with Gasteiger partial charge in [-0.05, 0) is 25.3 Å². The molecule has 1 atom stereocenters. The highest BCUT2D eigenvalue weighted by Crippen LogP contribution is 2.34. The molecule has 1 amide bonds. The van der Waals surface area contributed by atoms with Crippen LogP contribution in [0.4, 0.5) is 19.1 Å². The number of halogens is 3. The van der Waals surface area contributed by atoms with Crippen molar-refractivity contribution in [1.82, 2.24) is 14.9 Å². The summed E-state index contributed by atoms with van der Waals surface area (Å²) in [6.07, 6.45) is -2.34. The predicted octanol–water partition coefficient (Wildman–Crippen LogP) is 2.15. The standard InChI is InChI=1S/C12H15F3N4O/c1-7(20)19-5-3-2-4-9(19)8-6-10(12(13,14)15)18-11(16)17-8/h6,9H,2-5H2,1H3,(H2,16,17,18)/t9-/m0/s1. The van der Waals surface area contributed by atoms with E-state index < -0.39 is 23.9 Å². The average Bonchev–Trinajstić information content (AvgIpc) is 2.37. The van der Waals surface area contributed by atoms with Gasteiger partial charge in [-0.25, -0.2) is 9.97 Å². The summed E-state index contributed by atoms with van der Waals surface area (Å²) in [6.45, 7) is 1.92. The maximum Gasteiger partial charge on any atom is 0.433 e. The molecule has 2 rings (SSSR count). The summed E-state index contributed by atoms with van der Waals surface area (Å²) in [5.41, 5.74) is 4.44. The molecule has 110 valence electrons. The first-order chi connectivity index (χ1) is 9.29. The van der Waals surface area contributed by atoms with Gasteiger partial charge in [0.2, 0.25) is 11.9 Å². The molecule has 0 aliphatic carbocycles. The minimum Gasteiger partial charge on any atom is -0.368 e. The molecule has 0 saturated carbocycles. The second-order valence-electron chi connectivity index (χ2n) is 4.76. The van der Waals surface area contributed by atoms with Crippen molar-refractivity contribution < 1.29 is 18.0 Å². The van der Waals surface area contributed by atoms with Crippen molar-refractivity contribution in [3.63, 3.8) is 0 Å². The van der Waals surface area contributed by atoms with Gasteiger partial charge in [0.1, 0.15) is 5.69 Å². The minimum absolute atomic E-state index is 0.153. The SMILES string of the molecule is CC(=O)N1CCCC[C@H]1c1cc(C(F)(F)F)nc(N)n1. The summed E-state index contributed by atoms with van der Waals surface area (Å²) in [5.74, 6) is -0.607. The lowest BCUT2D eigenvalue weighted by atomic mass is 9.98. The van der Waals surface area contributed by atoms with Gasteiger partial charge in [-0.3, -0.25) is 4.79 Å². The number of anilines is 1. The van der Waals surface area contributed by atoms with Crippen LogP contribution in [-0.4, -0.2) is 27.3 Å². The van der Waals surface area contributed by atoms with Gasteiger partial charge in [0, 0.05) is 13.5 Å². The van der Waals surface area contributed by atoms with Gasteiger partial charge in [-0.15, -0.1) is 0 Å². The van der Waals surface area contributed by atoms with Crippen LogP contribution in [0, 0.1) is 0 Å². The number of carbonyl (C=O) groups is 1. The predicted molar refractivity (Wildman–Crippen MR) is 65.4 cm³/mol. The summed E-state index contributed by atoms with van der Waals surface area (Å²) < 4.78 is 38.2. The van der Waals surface area contributed by atoms with Crippen molar-refractivity contribution in [1.29, 1.82) is 0 Å². The van der Waals surface area contributed by atoms with Crippen LogP contribution in [-0.2, 0) is 11.0 Å². The Labute approximate surface area is 114 Å². The van der Waals surface area contributed by atoms with Crippen molar-refractivity contribution >= 4 is 11.9 Å². The van der Waals surface area contributed by atoms with Crippen molar-refractivity contribution in [3.8, 4) is 0 Å². The number of piperidine rings is 1. The van der Waals surface area contributed by atoms with Crippen LogP contribution in [0.3, 0.4) is 0 Å². The molecular weight excluding hydrogens is 273 g/mol. The van der Waals surface area contributed by atoms with E-state index >= 15 is 0 Å². The summed E-state index contributed by atoms with van der Waals surface area (Å²) in [6, 6.07) is 0.412. The van der Waals surface area contributed by atoms with Crippen LogP contribution in [0.2, 0.25) is 0 Å². The van der Waals surface area contributed by atoms with E-state index in [0.29, 0.717) is 13.0 Å². The van der Waals surface area contributed by atoms with Gasteiger partial charge >= 0.3 is 6.18 Å². The Balaban J connectivity index is 2.40. The van der Waals surface area contributed by atoms with E-state index in [4.69, 9.17) is 5.73 Å². The molecule has 0 aromatic carbocycles. The number of hydrogen-bond donors (Lipinski definition) is 1. The highest BCUT2D eigenvalue weighted by molar-refractivity contribution is 5.73. The molecule has 2 heterocycles. The van der Waals surface area contributed by atoms with Crippen LogP contribution in [0.1, 0.15) is 43.6 Å². The van der Waals surface area contributed by atoms with E-state index in [1.54, 1.807) is 0 Å². The largest absolute Gasteiger partial charge is 0.433 e. The van der Waals surface area contributed by atoms with E-state index in [0.717, 1.165) is 18.9 Å². The summed E-state index contributed by atoms with van der Waals surface area (Å²) in [4.78, 5) is 20.2. The van der Waals surface area contributed by atoms with Crippen LogP contribution in [0.15, 0.2) is 6.07 Å². The highest BCUT2D eigenvalue weighted by Gasteiger charge is 2.35. The number of likely N-dealkylation sites (tertiary alicyclic amines) is 1. The Morgan fingerprint density at radius 1 is 1.40 bits per heavy atom. The molecule has 1 aromatic heterocycles. The smallest absolute Gasteiger partial charge is 0.368 e. The van der Waals surface area contributed by atoms with Gasteiger partial charge in [-0.2, -0.15) is 13.2 Å². The molecule has 1 aliphatic heterocycles. The van der Waals surface area contributed by atoms with Gasteiger partial charge in [-0.1, -0.05) is 0 Å². The number of amides is 1. The normalized spacial score (nSPS) is 20.0. The Kier molecular flexibility index (Phi) is 3.82. The number of carbonyl (C=O) groups excluding carboxylic acids is 1. The second-order valence-corrected chi connectivity index (χ2v) is 4.76. The third kappa shape index (κ3) is 3.00. The number of rotatable bonds is 1. The second kappa shape index (κ2) is 5.26. The quantitative estimate of drug-likeness (QED) is 0.859.